The Morgan fingerprint density at radius 1 is 1.14 bits per heavy atom. The Hall–Kier alpha value is -2.49. The Kier molecular flexibility index (Phi) is 4.82. The van der Waals surface area contributed by atoms with Gasteiger partial charge in [-0.1, -0.05) is 36.4 Å². The maximum atomic E-state index is 10.5. The number of amides is 1. The highest BCUT2D eigenvalue weighted by Crippen LogP contribution is 2.24. The molecule has 0 unspecified atom stereocenters. The molecule has 4 heteroatoms. The van der Waals surface area contributed by atoms with Gasteiger partial charge in [0.1, 0.15) is 5.75 Å². The maximum Gasteiger partial charge on any atom is 0.404 e. The number of carbonyl (C=O) groups is 1. The zero-order valence-corrected chi connectivity index (χ0v) is 12.2. The second-order valence-electron chi connectivity index (χ2n) is 5.05. The number of ether oxygens (including phenoxy) is 1. The summed E-state index contributed by atoms with van der Waals surface area (Å²) in [6, 6.07) is 15.7. The first-order valence-corrected chi connectivity index (χ1v) is 6.87. The Bertz CT molecular complexity index is 606. The summed E-state index contributed by atoms with van der Waals surface area (Å²) in [7, 11) is 0. The van der Waals surface area contributed by atoms with E-state index in [1.165, 1.54) is 0 Å². The third kappa shape index (κ3) is 4.53. The predicted octanol–water partition coefficient (Wildman–Crippen LogP) is 3.91. The van der Waals surface area contributed by atoms with Gasteiger partial charge in [0, 0.05) is 6.54 Å². The standard InChI is InChI=1S/C17H19NO3/c1-12(2)21-16-5-3-4-15(10-16)14-8-6-13(7-9-14)11-18-17(19)20/h3-10,12,18H,11H2,1-2H3,(H,19,20). The van der Waals surface area contributed by atoms with Crippen LogP contribution >= 0.6 is 0 Å². The third-order valence-electron chi connectivity index (χ3n) is 2.94. The normalized spacial score (nSPS) is 10.4. The van der Waals surface area contributed by atoms with Crippen LogP contribution in [0.15, 0.2) is 48.5 Å². The van der Waals surface area contributed by atoms with Gasteiger partial charge in [0.2, 0.25) is 0 Å². The molecule has 0 aromatic heterocycles. The lowest BCUT2D eigenvalue weighted by Gasteiger charge is -2.11. The van der Waals surface area contributed by atoms with E-state index >= 15 is 0 Å². The first-order chi connectivity index (χ1) is 10.0. The first-order valence-electron chi connectivity index (χ1n) is 6.87. The van der Waals surface area contributed by atoms with E-state index in [4.69, 9.17) is 9.84 Å². The van der Waals surface area contributed by atoms with Crippen molar-refractivity contribution in [3.63, 3.8) is 0 Å². The van der Waals surface area contributed by atoms with Gasteiger partial charge in [0.15, 0.2) is 0 Å². The Balaban J connectivity index is 2.13. The molecule has 0 saturated carbocycles. The fourth-order valence-electron chi connectivity index (χ4n) is 2.01. The van der Waals surface area contributed by atoms with Crippen molar-refractivity contribution in [2.24, 2.45) is 0 Å². The molecular weight excluding hydrogens is 266 g/mol. The molecule has 0 aliphatic rings. The summed E-state index contributed by atoms with van der Waals surface area (Å²) in [5.41, 5.74) is 3.07. The molecule has 21 heavy (non-hydrogen) atoms. The van der Waals surface area contributed by atoms with Crippen LogP contribution in [0.25, 0.3) is 11.1 Å². The van der Waals surface area contributed by atoms with Crippen molar-refractivity contribution in [2.45, 2.75) is 26.5 Å². The zero-order chi connectivity index (χ0) is 15.2. The van der Waals surface area contributed by atoms with Crippen LogP contribution in [-0.2, 0) is 6.54 Å². The number of carboxylic acid groups (broad SMARTS) is 1. The monoisotopic (exact) mass is 285 g/mol. The average Bonchev–Trinajstić information content (AvgIpc) is 2.45. The minimum absolute atomic E-state index is 0.143. The van der Waals surface area contributed by atoms with E-state index in [2.05, 4.69) is 5.32 Å². The molecule has 0 aliphatic heterocycles. The van der Waals surface area contributed by atoms with Crippen LogP contribution in [0.5, 0.6) is 5.75 Å². The van der Waals surface area contributed by atoms with Gasteiger partial charge in [-0.25, -0.2) is 4.79 Å². The first kappa shape index (κ1) is 14.9. The summed E-state index contributed by atoms with van der Waals surface area (Å²) in [5.74, 6) is 0.846. The molecule has 0 aliphatic carbocycles. The Morgan fingerprint density at radius 2 is 1.86 bits per heavy atom. The van der Waals surface area contributed by atoms with Crippen molar-refractivity contribution in [3.8, 4) is 16.9 Å². The molecule has 0 bridgehead atoms. The van der Waals surface area contributed by atoms with Gasteiger partial charge in [0.25, 0.3) is 0 Å². The molecule has 0 saturated heterocycles. The summed E-state index contributed by atoms with van der Waals surface area (Å²) in [6.45, 7) is 4.31. The molecule has 0 spiro atoms. The SMILES string of the molecule is CC(C)Oc1cccc(-c2ccc(CNC(=O)O)cc2)c1. The molecule has 0 atom stereocenters. The predicted molar refractivity (Wildman–Crippen MR) is 82.5 cm³/mol. The summed E-state index contributed by atoms with van der Waals surface area (Å²) in [4.78, 5) is 10.5. The highest BCUT2D eigenvalue weighted by Gasteiger charge is 2.03. The van der Waals surface area contributed by atoms with Gasteiger partial charge in [-0.3, -0.25) is 0 Å². The van der Waals surface area contributed by atoms with Gasteiger partial charge in [-0.15, -0.1) is 0 Å². The molecule has 2 rings (SSSR count). The molecule has 2 aromatic carbocycles. The van der Waals surface area contributed by atoms with E-state index in [1.807, 2.05) is 62.4 Å². The molecule has 0 fully saturated rings. The van der Waals surface area contributed by atoms with Crippen molar-refractivity contribution < 1.29 is 14.6 Å². The van der Waals surface area contributed by atoms with E-state index in [1.54, 1.807) is 0 Å². The van der Waals surface area contributed by atoms with E-state index in [9.17, 15) is 4.79 Å². The third-order valence-corrected chi connectivity index (χ3v) is 2.94. The van der Waals surface area contributed by atoms with Crippen LogP contribution in [0.1, 0.15) is 19.4 Å². The van der Waals surface area contributed by atoms with E-state index in [0.717, 1.165) is 22.4 Å². The number of rotatable bonds is 5. The molecule has 110 valence electrons. The van der Waals surface area contributed by atoms with Crippen LogP contribution in [0.2, 0.25) is 0 Å². The van der Waals surface area contributed by atoms with E-state index < -0.39 is 6.09 Å². The topological polar surface area (TPSA) is 58.6 Å². The van der Waals surface area contributed by atoms with E-state index in [-0.39, 0.29) is 6.10 Å². The van der Waals surface area contributed by atoms with Crippen molar-refractivity contribution in [1.82, 2.24) is 5.32 Å². The molecule has 4 nitrogen and oxygen atoms in total. The zero-order valence-electron chi connectivity index (χ0n) is 12.2. The lowest BCUT2D eigenvalue weighted by molar-refractivity contribution is 0.194. The second-order valence-corrected chi connectivity index (χ2v) is 5.05. The van der Waals surface area contributed by atoms with Crippen LogP contribution in [0, 0.1) is 0 Å². The van der Waals surface area contributed by atoms with Crippen molar-refractivity contribution in [2.75, 3.05) is 0 Å². The minimum Gasteiger partial charge on any atom is -0.491 e. The van der Waals surface area contributed by atoms with Gasteiger partial charge in [0.05, 0.1) is 6.10 Å². The van der Waals surface area contributed by atoms with Gasteiger partial charge in [-0.05, 0) is 42.7 Å². The fraction of sp³-hybridized carbons (Fsp3) is 0.235. The molecule has 2 N–H and O–H groups in total. The molecule has 1 amide bonds. The number of nitrogens with one attached hydrogen (secondary N) is 1. The van der Waals surface area contributed by atoms with Crippen molar-refractivity contribution >= 4 is 6.09 Å². The smallest absolute Gasteiger partial charge is 0.404 e. The summed E-state index contributed by atoms with van der Waals surface area (Å²) < 4.78 is 5.69. The van der Waals surface area contributed by atoms with Crippen molar-refractivity contribution in [1.29, 1.82) is 0 Å². The minimum atomic E-state index is -1.02. The number of hydrogen-bond donors (Lipinski definition) is 2. The average molecular weight is 285 g/mol. The van der Waals surface area contributed by atoms with Gasteiger partial charge < -0.3 is 15.2 Å². The van der Waals surface area contributed by atoms with Crippen LogP contribution < -0.4 is 10.1 Å². The molecule has 0 heterocycles. The lowest BCUT2D eigenvalue weighted by Crippen LogP contribution is -2.19. The van der Waals surface area contributed by atoms with Crippen molar-refractivity contribution in [3.05, 3.63) is 54.1 Å². The fourth-order valence-corrected chi connectivity index (χ4v) is 2.01. The quantitative estimate of drug-likeness (QED) is 0.875. The largest absolute Gasteiger partial charge is 0.491 e. The molecule has 0 radical (unpaired) electrons. The number of benzene rings is 2. The summed E-state index contributed by atoms with van der Waals surface area (Å²) >= 11 is 0. The van der Waals surface area contributed by atoms with Crippen LogP contribution in [0.4, 0.5) is 4.79 Å². The maximum absolute atomic E-state index is 10.5. The summed E-state index contributed by atoms with van der Waals surface area (Å²) in [5, 5.41) is 10.9. The second kappa shape index (κ2) is 6.79. The van der Waals surface area contributed by atoms with E-state index in [0.29, 0.717) is 6.54 Å². The lowest BCUT2D eigenvalue weighted by atomic mass is 10.0. The van der Waals surface area contributed by atoms with Gasteiger partial charge >= 0.3 is 6.09 Å². The number of hydrogen-bond acceptors (Lipinski definition) is 2. The Labute approximate surface area is 124 Å². The Morgan fingerprint density at radius 3 is 2.48 bits per heavy atom. The molecule has 2 aromatic rings. The highest BCUT2D eigenvalue weighted by atomic mass is 16.5. The van der Waals surface area contributed by atoms with Crippen LogP contribution in [-0.4, -0.2) is 17.3 Å². The van der Waals surface area contributed by atoms with Gasteiger partial charge in [-0.2, -0.15) is 0 Å². The summed E-state index contributed by atoms with van der Waals surface area (Å²) in [6.07, 6.45) is -0.873. The highest BCUT2D eigenvalue weighted by molar-refractivity contribution is 5.66. The van der Waals surface area contributed by atoms with Crippen LogP contribution in [0.3, 0.4) is 0 Å². The molecular formula is C17H19NO3.